The van der Waals surface area contributed by atoms with E-state index in [2.05, 4.69) is 15.2 Å². The van der Waals surface area contributed by atoms with E-state index in [0.717, 1.165) is 56.3 Å². The molecule has 2 saturated heterocycles. The summed E-state index contributed by atoms with van der Waals surface area (Å²) in [6, 6.07) is 3.32. The van der Waals surface area contributed by atoms with Gasteiger partial charge in [0.1, 0.15) is 4.21 Å². The van der Waals surface area contributed by atoms with Crippen LogP contribution in [-0.4, -0.2) is 67.9 Å². The van der Waals surface area contributed by atoms with E-state index >= 15 is 0 Å². The molecule has 8 nitrogen and oxygen atoms in total. The van der Waals surface area contributed by atoms with Crippen LogP contribution < -0.4 is 5.32 Å². The maximum atomic E-state index is 12.6. The van der Waals surface area contributed by atoms with E-state index in [1.165, 1.54) is 27.0 Å². The van der Waals surface area contributed by atoms with Gasteiger partial charge in [0, 0.05) is 43.0 Å². The first kappa shape index (κ1) is 20.9. The largest absolute Gasteiger partial charge is 0.379 e. The lowest BCUT2D eigenvalue weighted by Gasteiger charge is -2.25. The Labute approximate surface area is 178 Å². The number of sulfonamides is 1. The predicted octanol–water partition coefficient (Wildman–Crippen LogP) is 2.00. The van der Waals surface area contributed by atoms with Crippen LogP contribution in [0.25, 0.3) is 0 Å². The zero-order valence-corrected chi connectivity index (χ0v) is 18.5. The van der Waals surface area contributed by atoms with Gasteiger partial charge in [-0.05, 0) is 25.0 Å². The average Bonchev–Trinajstić information content (AvgIpc) is 3.45. The SMILES string of the molecule is O=C(Cc1ccc(S(=O)(=O)N2CCCC2)s1)Nc1nc(CN2CCOCC2)cs1. The van der Waals surface area contributed by atoms with Crippen molar-refractivity contribution in [2.45, 2.75) is 30.0 Å². The number of carbonyl (C=O) groups excluding carboxylic acids is 1. The van der Waals surface area contributed by atoms with Crippen LogP contribution in [0.1, 0.15) is 23.4 Å². The molecule has 11 heteroatoms. The molecule has 0 atom stereocenters. The molecular weight excluding hydrogens is 432 g/mol. The fourth-order valence-electron chi connectivity index (χ4n) is 3.39. The third-order valence-electron chi connectivity index (χ3n) is 4.92. The summed E-state index contributed by atoms with van der Waals surface area (Å²) in [5, 5.41) is 5.35. The van der Waals surface area contributed by atoms with Gasteiger partial charge >= 0.3 is 0 Å². The highest BCUT2D eigenvalue weighted by molar-refractivity contribution is 7.91. The van der Waals surface area contributed by atoms with Crippen molar-refractivity contribution in [2.75, 3.05) is 44.7 Å². The maximum absolute atomic E-state index is 12.6. The lowest BCUT2D eigenvalue weighted by atomic mass is 10.3. The van der Waals surface area contributed by atoms with Crippen molar-refractivity contribution < 1.29 is 17.9 Å². The second kappa shape index (κ2) is 9.19. The van der Waals surface area contributed by atoms with E-state index in [1.54, 1.807) is 12.1 Å². The molecule has 2 fully saturated rings. The van der Waals surface area contributed by atoms with Crippen LogP contribution >= 0.6 is 22.7 Å². The Kier molecular flexibility index (Phi) is 6.62. The number of morpholine rings is 1. The number of hydrogen-bond donors (Lipinski definition) is 1. The molecule has 4 heterocycles. The first-order chi connectivity index (χ1) is 14.0. The summed E-state index contributed by atoms with van der Waals surface area (Å²) < 4.78 is 32.4. The minimum atomic E-state index is -3.43. The monoisotopic (exact) mass is 456 g/mol. The van der Waals surface area contributed by atoms with E-state index in [-0.39, 0.29) is 12.3 Å². The number of ether oxygens (including phenoxy) is 1. The first-order valence-corrected chi connectivity index (χ1v) is 12.8. The fraction of sp³-hybridized carbons (Fsp3) is 0.556. The van der Waals surface area contributed by atoms with Crippen molar-refractivity contribution in [1.82, 2.24) is 14.2 Å². The number of carbonyl (C=O) groups is 1. The Morgan fingerprint density at radius 1 is 1.17 bits per heavy atom. The molecule has 2 aliphatic heterocycles. The van der Waals surface area contributed by atoms with Gasteiger partial charge in [-0.15, -0.1) is 22.7 Å². The van der Waals surface area contributed by atoms with Crippen molar-refractivity contribution in [3.63, 3.8) is 0 Å². The molecule has 0 aliphatic carbocycles. The Morgan fingerprint density at radius 3 is 2.69 bits per heavy atom. The molecule has 2 aromatic rings. The normalized spacial score (nSPS) is 18.9. The second-order valence-corrected chi connectivity index (χ2v) is 11.3. The van der Waals surface area contributed by atoms with Gasteiger partial charge in [-0.3, -0.25) is 9.69 Å². The summed E-state index contributed by atoms with van der Waals surface area (Å²) in [4.78, 5) is 19.9. The van der Waals surface area contributed by atoms with Crippen molar-refractivity contribution in [2.24, 2.45) is 0 Å². The van der Waals surface area contributed by atoms with Gasteiger partial charge in [0.15, 0.2) is 5.13 Å². The molecule has 4 rings (SSSR count). The Balaban J connectivity index is 1.31. The minimum absolute atomic E-state index is 0.137. The van der Waals surface area contributed by atoms with Crippen molar-refractivity contribution >= 4 is 43.7 Å². The van der Waals surface area contributed by atoms with Crippen LogP contribution in [0.5, 0.6) is 0 Å². The molecule has 0 bridgehead atoms. The molecule has 0 spiro atoms. The maximum Gasteiger partial charge on any atom is 0.252 e. The third kappa shape index (κ3) is 5.22. The zero-order valence-electron chi connectivity index (χ0n) is 16.0. The first-order valence-electron chi connectivity index (χ1n) is 9.64. The average molecular weight is 457 g/mol. The molecule has 29 heavy (non-hydrogen) atoms. The number of aromatic nitrogens is 1. The molecule has 0 saturated carbocycles. The van der Waals surface area contributed by atoms with Gasteiger partial charge < -0.3 is 10.1 Å². The second-order valence-electron chi connectivity index (χ2n) is 7.09. The highest BCUT2D eigenvalue weighted by atomic mass is 32.2. The van der Waals surface area contributed by atoms with Crippen LogP contribution in [-0.2, 0) is 32.5 Å². The summed E-state index contributed by atoms with van der Waals surface area (Å²) in [5.74, 6) is -0.191. The van der Waals surface area contributed by atoms with E-state index in [4.69, 9.17) is 4.74 Å². The van der Waals surface area contributed by atoms with Gasteiger partial charge in [-0.1, -0.05) is 0 Å². The highest BCUT2D eigenvalue weighted by Crippen LogP contribution is 2.28. The summed E-state index contributed by atoms with van der Waals surface area (Å²) in [6.45, 7) is 5.16. The van der Waals surface area contributed by atoms with Crippen LogP contribution in [0.4, 0.5) is 5.13 Å². The lowest BCUT2D eigenvalue weighted by Crippen LogP contribution is -2.35. The predicted molar refractivity (Wildman–Crippen MR) is 113 cm³/mol. The molecule has 2 aromatic heterocycles. The van der Waals surface area contributed by atoms with Crippen LogP contribution in [0, 0.1) is 0 Å². The highest BCUT2D eigenvalue weighted by Gasteiger charge is 2.28. The van der Waals surface area contributed by atoms with E-state index in [1.807, 2.05) is 5.38 Å². The molecule has 158 valence electrons. The van der Waals surface area contributed by atoms with Crippen molar-refractivity contribution in [3.05, 3.63) is 28.1 Å². The van der Waals surface area contributed by atoms with Gasteiger partial charge in [0.25, 0.3) is 10.0 Å². The summed E-state index contributed by atoms with van der Waals surface area (Å²) in [6.07, 6.45) is 1.95. The number of thiazole rings is 1. The van der Waals surface area contributed by atoms with Crippen molar-refractivity contribution in [1.29, 1.82) is 0 Å². The van der Waals surface area contributed by atoms with E-state index < -0.39 is 10.0 Å². The van der Waals surface area contributed by atoms with Gasteiger partial charge in [-0.2, -0.15) is 4.31 Å². The summed E-state index contributed by atoms with van der Waals surface area (Å²) >= 11 is 2.57. The molecule has 1 amide bonds. The number of nitrogens with zero attached hydrogens (tertiary/aromatic N) is 3. The smallest absolute Gasteiger partial charge is 0.252 e. The van der Waals surface area contributed by atoms with Crippen LogP contribution in [0.3, 0.4) is 0 Å². The molecule has 0 aromatic carbocycles. The lowest BCUT2D eigenvalue weighted by molar-refractivity contribution is -0.115. The number of nitrogens with one attached hydrogen (secondary N) is 1. The van der Waals surface area contributed by atoms with Crippen LogP contribution in [0.15, 0.2) is 21.7 Å². The standard InChI is InChI=1S/C18H24N4O4S3/c23-16(20-18-19-14(13-27-18)12-21-7-9-26-10-8-21)11-15-3-4-17(28-15)29(24,25)22-5-1-2-6-22/h3-4,13H,1-2,5-12H2,(H,19,20,23). The minimum Gasteiger partial charge on any atom is -0.379 e. The van der Waals surface area contributed by atoms with Crippen molar-refractivity contribution in [3.8, 4) is 0 Å². The van der Waals surface area contributed by atoms with E-state index in [0.29, 0.717) is 22.4 Å². The molecule has 1 N–H and O–H groups in total. The topological polar surface area (TPSA) is 91.8 Å². The molecule has 0 unspecified atom stereocenters. The number of rotatable bonds is 7. The summed E-state index contributed by atoms with van der Waals surface area (Å²) in [7, 11) is -3.43. The van der Waals surface area contributed by atoms with Gasteiger partial charge in [0.2, 0.25) is 5.91 Å². The zero-order chi connectivity index (χ0) is 20.3. The Bertz CT molecular complexity index is 944. The molecule has 2 aliphatic rings. The number of amides is 1. The fourth-order valence-corrected chi connectivity index (χ4v) is 7.14. The summed E-state index contributed by atoms with van der Waals surface area (Å²) in [5.41, 5.74) is 0.933. The number of hydrogen-bond acceptors (Lipinski definition) is 8. The Morgan fingerprint density at radius 2 is 1.93 bits per heavy atom. The van der Waals surface area contributed by atoms with Gasteiger partial charge in [-0.25, -0.2) is 13.4 Å². The van der Waals surface area contributed by atoms with Crippen LogP contribution in [0.2, 0.25) is 0 Å². The Hall–Kier alpha value is -1.37. The number of anilines is 1. The molecular formula is C18H24N4O4S3. The van der Waals surface area contributed by atoms with Gasteiger partial charge in [0.05, 0.1) is 25.3 Å². The number of thiophene rings is 1. The quantitative estimate of drug-likeness (QED) is 0.685. The molecule has 0 radical (unpaired) electrons. The van der Waals surface area contributed by atoms with E-state index in [9.17, 15) is 13.2 Å². The third-order valence-corrected chi connectivity index (χ3v) is 9.18.